The lowest BCUT2D eigenvalue weighted by Gasteiger charge is -2.19. The molecule has 2 aromatic carbocycles. The Morgan fingerprint density at radius 3 is 2.63 bits per heavy atom. The van der Waals surface area contributed by atoms with Gasteiger partial charge in [0.1, 0.15) is 5.82 Å². The van der Waals surface area contributed by atoms with Crippen LogP contribution < -0.4 is 5.32 Å². The molecule has 1 atom stereocenters. The van der Waals surface area contributed by atoms with E-state index in [1.807, 2.05) is 0 Å². The van der Waals surface area contributed by atoms with E-state index in [-0.39, 0.29) is 12.4 Å². The summed E-state index contributed by atoms with van der Waals surface area (Å²) >= 11 is 9.23. The molecule has 0 aliphatic rings. The summed E-state index contributed by atoms with van der Waals surface area (Å²) in [5.41, 5.74) is 1.18. The lowest BCUT2D eigenvalue weighted by Crippen LogP contribution is -2.16. The summed E-state index contributed by atoms with van der Waals surface area (Å²) in [6.45, 7) is -0.207. The molecule has 19 heavy (non-hydrogen) atoms. The van der Waals surface area contributed by atoms with E-state index in [4.69, 9.17) is 11.6 Å². The van der Waals surface area contributed by atoms with Gasteiger partial charge < -0.3 is 10.4 Å². The summed E-state index contributed by atoms with van der Waals surface area (Å²) < 4.78 is 14.4. The minimum atomic E-state index is -0.505. The third-order valence-electron chi connectivity index (χ3n) is 2.72. The topological polar surface area (TPSA) is 32.3 Å². The van der Waals surface area contributed by atoms with Crippen molar-refractivity contribution in [1.82, 2.24) is 0 Å². The van der Waals surface area contributed by atoms with Crippen molar-refractivity contribution in [2.75, 3.05) is 11.9 Å². The lowest BCUT2D eigenvalue weighted by molar-refractivity contribution is 0.274. The molecule has 0 aliphatic heterocycles. The van der Waals surface area contributed by atoms with Crippen molar-refractivity contribution in [3.05, 3.63) is 63.3 Å². The van der Waals surface area contributed by atoms with Crippen LogP contribution in [-0.2, 0) is 0 Å². The first-order chi connectivity index (χ1) is 9.11. The molecule has 0 saturated heterocycles. The second-order valence-electron chi connectivity index (χ2n) is 4.03. The third-order valence-corrected chi connectivity index (χ3v) is 3.94. The number of rotatable bonds is 4. The van der Waals surface area contributed by atoms with E-state index in [9.17, 15) is 9.50 Å². The highest BCUT2D eigenvalue weighted by Gasteiger charge is 2.14. The highest BCUT2D eigenvalue weighted by atomic mass is 79.9. The zero-order valence-electron chi connectivity index (χ0n) is 9.91. The normalized spacial score (nSPS) is 12.2. The zero-order valence-corrected chi connectivity index (χ0v) is 12.2. The Bertz CT molecular complexity index is 579. The number of anilines is 1. The standard InChI is InChI=1S/C14H12BrClFNO/c15-11-7-9(5-6-12(11)16)18-14(8-19)10-3-1-2-4-13(10)17/h1-7,14,18-19H,8H2. The molecule has 0 heterocycles. The fourth-order valence-electron chi connectivity index (χ4n) is 1.77. The Kier molecular flexibility index (Phi) is 4.80. The summed E-state index contributed by atoms with van der Waals surface area (Å²) in [5, 5.41) is 13.1. The Hall–Kier alpha value is -1.10. The van der Waals surface area contributed by atoms with Crippen molar-refractivity contribution in [2.24, 2.45) is 0 Å². The second kappa shape index (κ2) is 6.37. The maximum atomic E-state index is 13.7. The molecule has 2 rings (SSSR count). The molecule has 100 valence electrons. The lowest BCUT2D eigenvalue weighted by atomic mass is 10.1. The highest BCUT2D eigenvalue weighted by Crippen LogP contribution is 2.28. The van der Waals surface area contributed by atoms with Gasteiger partial charge in [-0.2, -0.15) is 0 Å². The van der Waals surface area contributed by atoms with Gasteiger partial charge in [-0.1, -0.05) is 29.8 Å². The van der Waals surface area contributed by atoms with Crippen molar-refractivity contribution in [2.45, 2.75) is 6.04 Å². The van der Waals surface area contributed by atoms with Gasteiger partial charge in [-0.25, -0.2) is 4.39 Å². The molecule has 0 radical (unpaired) electrons. The number of halogens is 3. The van der Waals surface area contributed by atoms with Crippen molar-refractivity contribution < 1.29 is 9.50 Å². The number of benzene rings is 2. The Morgan fingerprint density at radius 1 is 1.26 bits per heavy atom. The number of aliphatic hydroxyl groups is 1. The Labute approximate surface area is 124 Å². The predicted octanol–water partition coefficient (Wildman–Crippen LogP) is 4.39. The van der Waals surface area contributed by atoms with Gasteiger partial charge in [0.2, 0.25) is 0 Å². The molecule has 0 aliphatic carbocycles. The summed E-state index contributed by atoms with van der Waals surface area (Å²) in [6, 6.07) is 11.2. The van der Waals surface area contributed by atoms with Crippen molar-refractivity contribution >= 4 is 33.2 Å². The minimum absolute atomic E-state index is 0.207. The monoisotopic (exact) mass is 343 g/mol. The first-order valence-electron chi connectivity index (χ1n) is 5.68. The largest absolute Gasteiger partial charge is 0.394 e. The molecule has 0 bridgehead atoms. The minimum Gasteiger partial charge on any atom is -0.394 e. The third kappa shape index (κ3) is 3.47. The molecule has 2 N–H and O–H groups in total. The van der Waals surface area contributed by atoms with Gasteiger partial charge in [-0.3, -0.25) is 0 Å². The van der Waals surface area contributed by atoms with E-state index in [0.29, 0.717) is 10.6 Å². The molecule has 2 nitrogen and oxygen atoms in total. The molecule has 5 heteroatoms. The van der Waals surface area contributed by atoms with Crippen LogP contribution in [0.2, 0.25) is 5.02 Å². The number of hydrogen-bond acceptors (Lipinski definition) is 2. The van der Waals surface area contributed by atoms with Gasteiger partial charge in [-0.15, -0.1) is 0 Å². The average Bonchev–Trinajstić information content (AvgIpc) is 2.41. The second-order valence-corrected chi connectivity index (χ2v) is 5.29. The molecule has 0 aromatic heterocycles. The molecular formula is C14H12BrClFNO. The van der Waals surface area contributed by atoms with Gasteiger partial charge in [0.15, 0.2) is 0 Å². The molecule has 1 unspecified atom stereocenters. The first kappa shape index (κ1) is 14.3. The molecule has 0 saturated carbocycles. The van der Waals surface area contributed by atoms with Crippen LogP contribution in [0.25, 0.3) is 0 Å². The van der Waals surface area contributed by atoms with E-state index in [1.54, 1.807) is 36.4 Å². The number of nitrogens with one attached hydrogen (secondary N) is 1. The fourth-order valence-corrected chi connectivity index (χ4v) is 2.26. The van der Waals surface area contributed by atoms with E-state index < -0.39 is 6.04 Å². The van der Waals surface area contributed by atoms with Gasteiger partial charge in [-0.05, 0) is 40.2 Å². The van der Waals surface area contributed by atoms with Crippen molar-refractivity contribution in [1.29, 1.82) is 0 Å². The van der Waals surface area contributed by atoms with Crippen LogP contribution in [0.15, 0.2) is 46.9 Å². The van der Waals surface area contributed by atoms with Crippen LogP contribution in [0.4, 0.5) is 10.1 Å². The van der Waals surface area contributed by atoms with Gasteiger partial charge in [0.05, 0.1) is 17.7 Å². The van der Waals surface area contributed by atoms with Crippen molar-refractivity contribution in [3.63, 3.8) is 0 Å². The maximum Gasteiger partial charge on any atom is 0.128 e. The SMILES string of the molecule is OCC(Nc1ccc(Cl)c(Br)c1)c1ccccc1F. The quantitative estimate of drug-likeness (QED) is 0.862. The van der Waals surface area contributed by atoms with Gasteiger partial charge in [0.25, 0.3) is 0 Å². The average molecular weight is 345 g/mol. The molecule has 0 spiro atoms. The summed E-state index contributed by atoms with van der Waals surface area (Å²) in [7, 11) is 0. The Morgan fingerprint density at radius 2 is 2.00 bits per heavy atom. The van der Waals surface area contributed by atoms with Crippen LogP contribution in [0.5, 0.6) is 0 Å². The molecule has 0 amide bonds. The highest BCUT2D eigenvalue weighted by molar-refractivity contribution is 9.10. The zero-order chi connectivity index (χ0) is 13.8. The molecule has 0 fully saturated rings. The number of hydrogen-bond donors (Lipinski definition) is 2. The van der Waals surface area contributed by atoms with Crippen LogP contribution >= 0.6 is 27.5 Å². The van der Waals surface area contributed by atoms with E-state index in [1.165, 1.54) is 6.07 Å². The summed E-state index contributed by atoms with van der Waals surface area (Å²) in [4.78, 5) is 0. The first-order valence-corrected chi connectivity index (χ1v) is 6.86. The summed E-state index contributed by atoms with van der Waals surface area (Å²) in [5.74, 6) is -0.345. The molecular weight excluding hydrogens is 333 g/mol. The summed E-state index contributed by atoms with van der Waals surface area (Å²) in [6.07, 6.45) is 0. The van der Waals surface area contributed by atoms with Crippen LogP contribution in [-0.4, -0.2) is 11.7 Å². The van der Waals surface area contributed by atoms with Gasteiger partial charge >= 0.3 is 0 Å². The van der Waals surface area contributed by atoms with Crippen LogP contribution in [0.1, 0.15) is 11.6 Å². The smallest absolute Gasteiger partial charge is 0.128 e. The van der Waals surface area contributed by atoms with Crippen molar-refractivity contribution in [3.8, 4) is 0 Å². The predicted molar refractivity (Wildman–Crippen MR) is 79.0 cm³/mol. The van der Waals surface area contributed by atoms with E-state index in [2.05, 4.69) is 21.2 Å². The number of aliphatic hydroxyl groups excluding tert-OH is 1. The van der Waals surface area contributed by atoms with Crippen LogP contribution in [0, 0.1) is 5.82 Å². The maximum absolute atomic E-state index is 13.7. The van der Waals surface area contributed by atoms with Crippen LogP contribution in [0.3, 0.4) is 0 Å². The molecule has 2 aromatic rings. The fraction of sp³-hybridized carbons (Fsp3) is 0.143. The van der Waals surface area contributed by atoms with E-state index in [0.717, 1.165) is 10.2 Å². The van der Waals surface area contributed by atoms with E-state index >= 15 is 0 Å². The van der Waals surface area contributed by atoms with Gasteiger partial charge in [0, 0.05) is 15.7 Å². The Balaban J connectivity index is 2.24.